The van der Waals surface area contributed by atoms with E-state index in [0.29, 0.717) is 29.3 Å². The molecular weight excluding hydrogens is 406 g/mol. The molecule has 0 spiro atoms. The van der Waals surface area contributed by atoms with Crippen LogP contribution in [0.5, 0.6) is 5.75 Å². The molecule has 0 unspecified atom stereocenters. The highest BCUT2D eigenvalue weighted by atomic mass is 32.2. The Hall–Kier alpha value is -2.91. The molecule has 9 heteroatoms. The highest BCUT2D eigenvalue weighted by Crippen LogP contribution is 2.24. The number of anilines is 2. The van der Waals surface area contributed by atoms with Crippen LogP contribution in [0.15, 0.2) is 47.4 Å². The van der Waals surface area contributed by atoms with Crippen LogP contribution in [0.1, 0.15) is 26.3 Å². The number of likely N-dealkylation sites (N-methyl/N-ethyl adjacent to an activating group) is 1. The zero-order chi connectivity index (χ0) is 22.3. The molecule has 0 aromatic heterocycles. The Balaban J connectivity index is 2.14. The first-order valence-electron chi connectivity index (χ1n) is 9.58. The minimum Gasteiger partial charge on any atom is -0.494 e. The molecule has 0 heterocycles. The predicted octanol–water partition coefficient (Wildman–Crippen LogP) is 3.00. The molecule has 2 aromatic carbocycles. The molecule has 2 amide bonds. The van der Waals surface area contributed by atoms with Crippen molar-refractivity contribution in [3.8, 4) is 5.75 Å². The second kappa shape index (κ2) is 10.2. The van der Waals surface area contributed by atoms with Gasteiger partial charge in [-0.2, -0.15) is 4.31 Å². The third-order valence-corrected chi connectivity index (χ3v) is 6.14. The van der Waals surface area contributed by atoms with E-state index >= 15 is 0 Å². The highest BCUT2D eigenvalue weighted by Gasteiger charge is 2.26. The Kier molecular flexibility index (Phi) is 7.96. The summed E-state index contributed by atoms with van der Waals surface area (Å²) in [5.74, 6) is -0.0910. The molecular formula is C21H27N3O5S. The number of amides is 2. The zero-order valence-electron chi connectivity index (χ0n) is 17.6. The maximum absolute atomic E-state index is 13.0. The van der Waals surface area contributed by atoms with Crippen molar-refractivity contribution in [2.24, 2.45) is 0 Å². The third-order valence-electron chi connectivity index (χ3n) is 4.22. The number of hydrogen-bond acceptors (Lipinski definition) is 5. The Morgan fingerprint density at radius 2 is 1.70 bits per heavy atom. The van der Waals surface area contributed by atoms with E-state index in [4.69, 9.17) is 4.74 Å². The van der Waals surface area contributed by atoms with Crippen molar-refractivity contribution < 1.29 is 22.7 Å². The maximum Gasteiger partial charge on any atom is 0.243 e. The molecule has 0 bridgehead atoms. The molecule has 30 heavy (non-hydrogen) atoms. The quantitative estimate of drug-likeness (QED) is 0.633. The van der Waals surface area contributed by atoms with E-state index in [1.807, 2.05) is 6.92 Å². The SMILES string of the molecule is CCOc1ccc(S(=O)(=O)N(CC)CC(=O)Nc2cccc(NC(C)=O)c2)cc1C. The normalized spacial score (nSPS) is 11.2. The second-order valence-electron chi connectivity index (χ2n) is 6.60. The van der Waals surface area contributed by atoms with Crippen molar-refractivity contribution in [1.29, 1.82) is 0 Å². The summed E-state index contributed by atoms with van der Waals surface area (Å²) in [6, 6.07) is 11.3. The Morgan fingerprint density at radius 1 is 1.03 bits per heavy atom. The van der Waals surface area contributed by atoms with Crippen LogP contribution in [0.4, 0.5) is 11.4 Å². The number of nitrogens with one attached hydrogen (secondary N) is 2. The van der Waals surface area contributed by atoms with Crippen molar-refractivity contribution in [2.75, 3.05) is 30.3 Å². The third kappa shape index (κ3) is 6.04. The molecule has 0 atom stereocenters. The van der Waals surface area contributed by atoms with E-state index in [0.717, 1.165) is 4.31 Å². The number of hydrogen-bond donors (Lipinski definition) is 2. The zero-order valence-corrected chi connectivity index (χ0v) is 18.4. The molecule has 162 valence electrons. The van der Waals surface area contributed by atoms with Gasteiger partial charge >= 0.3 is 0 Å². The number of carbonyl (C=O) groups is 2. The summed E-state index contributed by atoms with van der Waals surface area (Å²) in [6.45, 7) is 6.96. The predicted molar refractivity (Wildman–Crippen MR) is 116 cm³/mol. The summed E-state index contributed by atoms with van der Waals surface area (Å²) in [4.78, 5) is 23.8. The lowest BCUT2D eigenvalue weighted by molar-refractivity contribution is -0.116. The summed E-state index contributed by atoms with van der Waals surface area (Å²) in [5.41, 5.74) is 1.69. The number of benzene rings is 2. The lowest BCUT2D eigenvalue weighted by atomic mass is 10.2. The molecule has 0 saturated carbocycles. The summed E-state index contributed by atoms with van der Waals surface area (Å²) in [5, 5.41) is 5.29. The first-order chi connectivity index (χ1) is 14.2. The Morgan fingerprint density at radius 3 is 2.27 bits per heavy atom. The summed E-state index contributed by atoms with van der Waals surface area (Å²) in [7, 11) is -3.86. The molecule has 0 fully saturated rings. The molecule has 0 aliphatic rings. The number of aryl methyl sites for hydroxylation is 1. The lowest BCUT2D eigenvalue weighted by Crippen LogP contribution is -2.37. The van der Waals surface area contributed by atoms with Crippen molar-refractivity contribution >= 4 is 33.2 Å². The van der Waals surface area contributed by atoms with Gasteiger partial charge in [-0.05, 0) is 55.8 Å². The van der Waals surface area contributed by atoms with Crippen LogP contribution in [-0.4, -0.2) is 44.2 Å². The van der Waals surface area contributed by atoms with Crippen LogP contribution >= 0.6 is 0 Å². The van der Waals surface area contributed by atoms with Crippen molar-refractivity contribution in [3.05, 3.63) is 48.0 Å². The van der Waals surface area contributed by atoms with Crippen LogP contribution in [0, 0.1) is 6.92 Å². The monoisotopic (exact) mass is 433 g/mol. The average Bonchev–Trinajstić information content (AvgIpc) is 2.67. The minimum absolute atomic E-state index is 0.103. The maximum atomic E-state index is 13.0. The van der Waals surface area contributed by atoms with Gasteiger partial charge in [0.05, 0.1) is 18.0 Å². The molecule has 2 N–H and O–H groups in total. The van der Waals surface area contributed by atoms with Gasteiger partial charge in [0.25, 0.3) is 0 Å². The Labute approximate surface area is 177 Å². The molecule has 2 rings (SSSR count). The van der Waals surface area contributed by atoms with E-state index in [1.54, 1.807) is 44.2 Å². The molecule has 2 aromatic rings. The standard InChI is InChI=1S/C21H27N3O5S/c1-5-24(30(27,28)19-10-11-20(29-6-2)15(3)12-19)14-21(26)23-18-9-7-8-17(13-18)22-16(4)25/h7-13H,5-6,14H2,1-4H3,(H,22,25)(H,23,26). The van der Waals surface area contributed by atoms with Gasteiger partial charge in [0.1, 0.15) is 5.75 Å². The smallest absolute Gasteiger partial charge is 0.243 e. The minimum atomic E-state index is -3.86. The first kappa shape index (κ1) is 23.4. The highest BCUT2D eigenvalue weighted by molar-refractivity contribution is 7.89. The number of rotatable bonds is 9. The number of nitrogens with zero attached hydrogens (tertiary/aromatic N) is 1. The fourth-order valence-electron chi connectivity index (χ4n) is 2.85. The van der Waals surface area contributed by atoms with Crippen LogP contribution in [-0.2, 0) is 19.6 Å². The van der Waals surface area contributed by atoms with Gasteiger partial charge in [0.15, 0.2) is 0 Å². The molecule has 8 nitrogen and oxygen atoms in total. The van der Waals surface area contributed by atoms with Crippen molar-refractivity contribution in [2.45, 2.75) is 32.6 Å². The van der Waals surface area contributed by atoms with Gasteiger partial charge in [0.2, 0.25) is 21.8 Å². The van der Waals surface area contributed by atoms with E-state index < -0.39 is 15.9 Å². The Bertz CT molecular complexity index is 1020. The first-order valence-corrected chi connectivity index (χ1v) is 11.0. The fraction of sp³-hybridized carbons (Fsp3) is 0.333. The molecule has 0 aliphatic heterocycles. The van der Waals surface area contributed by atoms with Crippen molar-refractivity contribution in [1.82, 2.24) is 4.31 Å². The number of sulfonamides is 1. The van der Waals surface area contributed by atoms with Crippen LogP contribution in [0.25, 0.3) is 0 Å². The average molecular weight is 434 g/mol. The topological polar surface area (TPSA) is 105 Å². The van der Waals surface area contributed by atoms with Crippen LogP contribution < -0.4 is 15.4 Å². The van der Waals surface area contributed by atoms with Gasteiger partial charge in [0, 0.05) is 24.8 Å². The van der Waals surface area contributed by atoms with E-state index in [-0.39, 0.29) is 23.9 Å². The van der Waals surface area contributed by atoms with E-state index in [2.05, 4.69) is 10.6 Å². The van der Waals surface area contributed by atoms with Gasteiger partial charge in [-0.3, -0.25) is 9.59 Å². The van der Waals surface area contributed by atoms with E-state index in [9.17, 15) is 18.0 Å². The van der Waals surface area contributed by atoms with Gasteiger partial charge in [-0.25, -0.2) is 8.42 Å². The largest absolute Gasteiger partial charge is 0.494 e. The number of ether oxygens (including phenoxy) is 1. The summed E-state index contributed by atoms with van der Waals surface area (Å²) >= 11 is 0. The van der Waals surface area contributed by atoms with E-state index in [1.165, 1.54) is 19.1 Å². The molecule has 0 aliphatic carbocycles. The lowest BCUT2D eigenvalue weighted by Gasteiger charge is -2.21. The van der Waals surface area contributed by atoms with Gasteiger partial charge in [-0.1, -0.05) is 13.0 Å². The molecule has 0 saturated heterocycles. The summed E-state index contributed by atoms with van der Waals surface area (Å²) in [6.07, 6.45) is 0. The van der Waals surface area contributed by atoms with Crippen molar-refractivity contribution in [3.63, 3.8) is 0 Å². The van der Waals surface area contributed by atoms with Crippen LogP contribution in [0.3, 0.4) is 0 Å². The fourth-order valence-corrected chi connectivity index (χ4v) is 4.35. The van der Waals surface area contributed by atoms with Gasteiger partial charge in [-0.15, -0.1) is 0 Å². The molecule has 0 radical (unpaired) electrons. The number of carbonyl (C=O) groups excluding carboxylic acids is 2. The second-order valence-corrected chi connectivity index (χ2v) is 8.54. The van der Waals surface area contributed by atoms with Gasteiger partial charge < -0.3 is 15.4 Å². The summed E-state index contributed by atoms with van der Waals surface area (Å²) < 4.78 is 32.6. The van der Waals surface area contributed by atoms with Crippen LogP contribution in [0.2, 0.25) is 0 Å².